The van der Waals surface area contributed by atoms with Gasteiger partial charge in [0.25, 0.3) is 0 Å². The Kier molecular flexibility index (Phi) is 3.68. The molecule has 0 aliphatic rings. The van der Waals surface area contributed by atoms with Gasteiger partial charge in [-0.25, -0.2) is 4.98 Å². The van der Waals surface area contributed by atoms with Gasteiger partial charge in [0.15, 0.2) is 11.5 Å². The van der Waals surface area contributed by atoms with E-state index in [1.165, 1.54) is 0 Å². The van der Waals surface area contributed by atoms with Crippen LogP contribution in [0.5, 0.6) is 0 Å². The minimum atomic E-state index is 0.590. The molecule has 1 aromatic carbocycles. The summed E-state index contributed by atoms with van der Waals surface area (Å²) in [6.45, 7) is 5.00. The van der Waals surface area contributed by atoms with Gasteiger partial charge in [0.1, 0.15) is 5.52 Å². The van der Waals surface area contributed by atoms with Crippen LogP contribution in [0.1, 0.15) is 18.9 Å². The summed E-state index contributed by atoms with van der Waals surface area (Å²) in [6, 6.07) is 8.10. The van der Waals surface area contributed by atoms with Crippen LogP contribution in [0.4, 0.5) is 17.5 Å². The van der Waals surface area contributed by atoms with Crippen LogP contribution in [-0.2, 0) is 0 Å². The lowest BCUT2D eigenvalue weighted by atomic mass is 10.2. The number of hydrogen-bond donors (Lipinski definition) is 3. The molecule has 0 saturated heterocycles. The van der Waals surface area contributed by atoms with Crippen molar-refractivity contribution in [3.8, 4) is 0 Å². The second-order valence-corrected chi connectivity index (χ2v) is 4.86. The predicted molar refractivity (Wildman–Crippen MR) is 84.9 cm³/mol. The monoisotopic (exact) mass is 282 g/mol. The first-order valence-corrected chi connectivity index (χ1v) is 7.05. The molecule has 3 N–H and O–H groups in total. The van der Waals surface area contributed by atoms with Crippen molar-refractivity contribution >= 4 is 28.6 Å². The van der Waals surface area contributed by atoms with E-state index in [1.54, 1.807) is 6.33 Å². The van der Waals surface area contributed by atoms with Gasteiger partial charge in [-0.3, -0.25) is 0 Å². The number of benzene rings is 1. The van der Waals surface area contributed by atoms with Gasteiger partial charge in [0.2, 0.25) is 5.95 Å². The third kappa shape index (κ3) is 2.79. The van der Waals surface area contributed by atoms with Gasteiger partial charge in [-0.2, -0.15) is 9.97 Å². The van der Waals surface area contributed by atoms with Crippen molar-refractivity contribution in [2.75, 3.05) is 17.2 Å². The van der Waals surface area contributed by atoms with E-state index in [2.05, 4.69) is 50.5 Å². The van der Waals surface area contributed by atoms with Crippen molar-refractivity contribution in [1.82, 2.24) is 19.9 Å². The van der Waals surface area contributed by atoms with Crippen LogP contribution in [0.2, 0.25) is 0 Å². The normalized spacial score (nSPS) is 10.8. The zero-order valence-electron chi connectivity index (χ0n) is 12.1. The highest BCUT2D eigenvalue weighted by atomic mass is 15.2. The van der Waals surface area contributed by atoms with Crippen molar-refractivity contribution in [2.45, 2.75) is 20.3 Å². The Morgan fingerprint density at radius 1 is 1.19 bits per heavy atom. The number of aryl methyl sites for hydroxylation is 1. The van der Waals surface area contributed by atoms with E-state index >= 15 is 0 Å². The minimum Gasteiger partial charge on any atom is -0.354 e. The number of aromatic nitrogens is 4. The fourth-order valence-electron chi connectivity index (χ4n) is 2.08. The minimum absolute atomic E-state index is 0.590. The average Bonchev–Trinajstić information content (AvgIpc) is 2.96. The molecule has 21 heavy (non-hydrogen) atoms. The predicted octanol–water partition coefficient (Wildman–Crippen LogP) is 3.23. The second-order valence-electron chi connectivity index (χ2n) is 4.86. The van der Waals surface area contributed by atoms with Gasteiger partial charge in [0, 0.05) is 12.2 Å². The van der Waals surface area contributed by atoms with Crippen LogP contribution in [0.3, 0.4) is 0 Å². The van der Waals surface area contributed by atoms with Crippen molar-refractivity contribution in [1.29, 1.82) is 0 Å². The largest absolute Gasteiger partial charge is 0.354 e. The first-order chi connectivity index (χ1) is 10.3. The Morgan fingerprint density at radius 2 is 2.05 bits per heavy atom. The molecule has 2 aromatic heterocycles. The maximum Gasteiger partial charge on any atom is 0.226 e. The van der Waals surface area contributed by atoms with Crippen LogP contribution < -0.4 is 10.6 Å². The molecule has 0 atom stereocenters. The molecule has 0 aliphatic carbocycles. The lowest BCUT2D eigenvalue weighted by Gasteiger charge is -2.11. The molecule has 3 aromatic rings. The van der Waals surface area contributed by atoms with Crippen LogP contribution in [0, 0.1) is 6.92 Å². The van der Waals surface area contributed by atoms with E-state index in [0.717, 1.165) is 35.6 Å². The van der Waals surface area contributed by atoms with Crippen LogP contribution in [-0.4, -0.2) is 26.5 Å². The molecular weight excluding hydrogens is 264 g/mol. The van der Waals surface area contributed by atoms with Gasteiger partial charge < -0.3 is 15.6 Å². The molecular formula is C15H18N6. The van der Waals surface area contributed by atoms with E-state index in [4.69, 9.17) is 0 Å². The Hall–Kier alpha value is -2.63. The first-order valence-electron chi connectivity index (χ1n) is 7.05. The molecule has 0 unspecified atom stereocenters. The Morgan fingerprint density at radius 3 is 2.86 bits per heavy atom. The Balaban J connectivity index is 2.00. The Bertz CT molecular complexity index is 749. The van der Waals surface area contributed by atoms with Gasteiger partial charge in [-0.1, -0.05) is 25.1 Å². The van der Waals surface area contributed by atoms with Gasteiger partial charge >= 0.3 is 0 Å². The zero-order valence-corrected chi connectivity index (χ0v) is 12.1. The quantitative estimate of drug-likeness (QED) is 0.669. The maximum absolute atomic E-state index is 4.54. The number of para-hydroxylation sites is 1. The lowest BCUT2D eigenvalue weighted by Crippen LogP contribution is -2.07. The number of nitrogens with zero attached hydrogens (tertiary/aromatic N) is 3. The molecule has 0 aliphatic heterocycles. The van der Waals surface area contributed by atoms with E-state index in [9.17, 15) is 0 Å². The molecule has 108 valence electrons. The van der Waals surface area contributed by atoms with Crippen LogP contribution in [0.25, 0.3) is 11.2 Å². The van der Waals surface area contributed by atoms with Crippen molar-refractivity contribution in [3.63, 3.8) is 0 Å². The van der Waals surface area contributed by atoms with Crippen molar-refractivity contribution in [2.24, 2.45) is 0 Å². The summed E-state index contributed by atoms with van der Waals surface area (Å²) in [5, 5.41) is 6.56. The summed E-state index contributed by atoms with van der Waals surface area (Å²) in [5.74, 6) is 1.32. The second kappa shape index (κ2) is 5.78. The summed E-state index contributed by atoms with van der Waals surface area (Å²) in [7, 11) is 0. The highest BCUT2D eigenvalue weighted by molar-refractivity contribution is 5.86. The van der Waals surface area contributed by atoms with Crippen molar-refractivity contribution < 1.29 is 0 Å². The molecule has 0 fully saturated rings. The molecule has 0 amide bonds. The fourth-order valence-corrected chi connectivity index (χ4v) is 2.08. The first kappa shape index (κ1) is 13.4. The topological polar surface area (TPSA) is 78.5 Å². The van der Waals surface area contributed by atoms with E-state index in [-0.39, 0.29) is 0 Å². The molecule has 0 radical (unpaired) electrons. The number of imidazole rings is 1. The standard InChI is InChI=1S/C15H18N6/c1-3-8-16-15-20-13-12(17-9-18-13)14(21-15)19-11-7-5-4-6-10(11)2/h4-7,9H,3,8H2,1-2H3,(H3,16,17,18,19,20,21). The number of nitrogens with one attached hydrogen (secondary N) is 3. The lowest BCUT2D eigenvalue weighted by molar-refractivity contribution is 0.956. The SMILES string of the molecule is CCCNc1nc(Nc2ccccc2C)c2[nH]cnc2n1. The summed E-state index contributed by atoms with van der Waals surface area (Å²) in [6.07, 6.45) is 2.65. The van der Waals surface area contributed by atoms with Crippen molar-refractivity contribution in [3.05, 3.63) is 36.2 Å². The maximum atomic E-state index is 4.54. The van der Waals surface area contributed by atoms with E-state index in [0.29, 0.717) is 11.6 Å². The number of anilines is 3. The molecule has 2 heterocycles. The summed E-state index contributed by atoms with van der Waals surface area (Å²) in [5.41, 5.74) is 3.64. The zero-order chi connectivity index (χ0) is 14.7. The summed E-state index contributed by atoms with van der Waals surface area (Å²) >= 11 is 0. The van der Waals surface area contributed by atoms with Crippen LogP contribution >= 0.6 is 0 Å². The number of aromatic amines is 1. The molecule has 3 rings (SSSR count). The third-order valence-corrected chi connectivity index (χ3v) is 3.22. The molecule has 0 bridgehead atoms. The van der Waals surface area contributed by atoms with E-state index in [1.807, 2.05) is 18.2 Å². The number of rotatable bonds is 5. The Labute approximate surface area is 123 Å². The number of H-pyrrole nitrogens is 1. The number of hydrogen-bond acceptors (Lipinski definition) is 5. The highest BCUT2D eigenvalue weighted by Crippen LogP contribution is 2.24. The van der Waals surface area contributed by atoms with Gasteiger partial charge in [-0.05, 0) is 25.0 Å². The van der Waals surface area contributed by atoms with Crippen LogP contribution in [0.15, 0.2) is 30.6 Å². The average molecular weight is 282 g/mol. The smallest absolute Gasteiger partial charge is 0.226 e. The van der Waals surface area contributed by atoms with Gasteiger partial charge in [-0.15, -0.1) is 0 Å². The molecule has 6 nitrogen and oxygen atoms in total. The highest BCUT2D eigenvalue weighted by Gasteiger charge is 2.10. The van der Waals surface area contributed by atoms with E-state index < -0.39 is 0 Å². The number of fused-ring (bicyclic) bond motifs is 1. The fraction of sp³-hybridized carbons (Fsp3) is 0.267. The summed E-state index contributed by atoms with van der Waals surface area (Å²) < 4.78 is 0. The molecule has 6 heteroatoms. The van der Waals surface area contributed by atoms with Gasteiger partial charge in [0.05, 0.1) is 6.33 Å². The third-order valence-electron chi connectivity index (χ3n) is 3.22. The molecule has 0 spiro atoms. The summed E-state index contributed by atoms with van der Waals surface area (Å²) in [4.78, 5) is 16.2. The molecule has 0 saturated carbocycles.